The molecule has 2 amide bonds. The van der Waals surface area contributed by atoms with Crippen LogP contribution in [0.1, 0.15) is 0 Å². The first-order chi connectivity index (χ1) is 14.5. The number of fused-ring (bicyclic) bond motifs is 1. The van der Waals surface area contributed by atoms with Crippen LogP contribution < -0.4 is 5.32 Å². The molecule has 15 heteroatoms. The fourth-order valence-corrected chi connectivity index (χ4v) is 7.09. The van der Waals surface area contributed by atoms with Crippen molar-refractivity contribution in [2.45, 2.75) is 20.8 Å². The number of tetrazole rings is 1. The summed E-state index contributed by atoms with van der Waals surface area (Å²) in [6, 6.07) is 2.58. The number of aromatic amines is 1. The second-order valence-electron chi connectivity index (χ2n) is 6.12. The van der Waals surface area contributed by atoms with Crippen molar-refractivity contribution in [1.29, 1.82) is 0 Å². The first kappa shape index (κ1) is 21.0. The lowest BCUT2D eigenvalue weighted by Crippen LogP contribution is -2.70. The van der Waals surface area contributed by atoms with Gasteiger partial charge in [0.25, 0.3) is 5.91 Å². The van der Waals surface area contributed by atoms with Gasteiger partial charge in [-0.2, -0.15) is 5.21 Å². The molecule has 4 heterocycles. The summed E-state index contributed by atoms with van der Waals surface area (Å²) in [5, 5.41) is 27.3. The van der Waals surface area contributed by atoms with Gasteiger partial charge in [-0.1, -0.05) is 17.8 Å². The lowest BCUT2D eigenvalue weighted by Gasteiger charge is -2.49. The van der Waals surface area contributed by atoms with E-state index in [1.165, 1.54) is 39.8 Å². The van der Waals surface area contributed by atoms with Crippen LogP contribution in [0.2, 0.25) is 0 Å². The Morgan fingerprint density at radius 3 is 2.97 bits per heavy atom. The normalized spacial score (nSPS) is 21.7. The zero-order valence-corrected chi connectivity index (χ0v) is 18.3. The number of nitrogens with one attached hydrogen (secondary N) is 2. The molecule has 2 unspecified atom stereocenters. The van der Waals surface area contributed by atoms with E-state index in [0.29, 0.717) is 26.4 Å². The van der Waals surface area contributed by atoms with Gasteiger partial charge in [-0.15, -0.1) is 33.3 Å². The smallest absolute Gasteiger partial charge is 0.352 e. The van der Waals surface area contributed by atoms with E-state index in [2.05, 4.69) is 25.9 Å². The Labute approximate surface area is 184 Å². The molecule has 0 bridgehead atoms. The standard InChI is InChI=1S/C15H14N6O5S4/c22-8(6-30(26)9-2-1-3-27-9)16-10-12(23)21-11(14(24)25)7(4-28-13(10)21)5-29-15-17-19-20-18-15/h1-3,10,13H,4-6H2,(H,16,22)(H,24,25)(H,17,18,19,20)/t10?,13-,30?/m1/s1. The summed E-state index contributed by atoms with van der Waals surface area (Å²) >= 11 is 3.87. The van der Waals surface area contributed by atoms with Crippen LogP contribution >= 0.6 is 34.9 Å². The van der Waals surface area contributed by atoms with Crippen molar-refractivity contribution in [1.82, 2.24) is 30.8 Å². The van der Waals surface area contributed by atoms with Crippen molar-refractivity contribution < 1.29 is 23.7 Å². The molecule has 1 saturated heterocycles. The molecule has 158 valence electrons. The number of aliphatic carboxylic acids is 1. The Balaban J connectivity index is 1.41. The van der Waals surface area contributed by atoms with Crippen LogP contribution in [0, 0.1) is 0 Å². The van der Waals surface area contributed by atoms with Gasteiger partial charge in [0.1, 0.15) is 22.9 Å². The number of aromatic nitrogens is 4. The SMILES string of the molecule is O=C(CS(=O)c1cccs1)NC1C(=O)N2C(C(=O)O)=C(CSc3nn[nH]n3)CS[C@H]12. The van der Waals surface area contributed by atoms with E-state index >= 15 is 0 Å². The van der Waals surface area contributed by atoms with Gasteiger partial charge in [0.05, 0.1) is 15.0 Å². The number of carbonyl (C=O) groups is 3. The minimum Gasteiger partial charge on any atom is -0.477 e. The van der Waals surface area contributed by atoms with Crippen LogP contribution in [0.5, 0.6) is 0 Å². The fraction of sp³-hybridized carbons (Fsp3) is 0.333. The first-order valence-electron chi connectivity index (χ1n) is 8.43. The Kier molecular flexibility index (Phi) is 6.21. The van der Waals surface area contributed by atoms with Crippen molar-refractivity contribution >= 4 is 63.4 Å². The number of β-lactam (4-membered cyclic amide) rings is 1. The molecule has 3 N–H and O–H groups in total. The lowest BCUT2D eigenvalue weighted by molar-refractivity contribution is -0.150. The maximum absolute atomic E-state index is 12.6. The number of hydrogen-bond donors (Lipinski definition) is 3. The number of thiophene rings is 1. The third-order valence-corrected chi connectivity index (χ3v) is 9.13. The van der Waals surface area contributed by atoms with E-state index in [4.69, 9.17) is 0 Å². The van der Waals surface area contributed by atoms with Gasteiger partial charge in [-0.3, -0.25) is 18.7 Å². The van der Waals surface area contributed by atoms with Crippen molar-refractivity contribution in [3.63, 3.8) is 0 Å². The summed E-state index contributed by atoms with van der Waals surface area (Å²) in [6.45, 7) is 0. The molecule has 2 aliphatic heterocycles. The molecule has 1 fully saturated rings. The van der Waals surface area contributed by atoms with Gasteiger partial charge in [0, 0.05) is 11.5 Å². The maximum Gasteiger partial charge on any atom is 0.352 e. The van der Waals surface area contributed by atoms with Gasteiger partial charge in [-0.25, -0.2) is 4.79 Å². The highest BCUT2D eigenvalue weighted by molar-refractivity contribution is 8.01. The number of rotatable bonds is 8. The number of hydrogen-bond acceptors (Lipinski definition) is 10. The molecule has 0 saturated carbocycles. The predicted octanol–water partition coefficient (Wildman–Crippen LogP) is -0.100. The van der Waals surface area contributed by atoms with Crippen molar-refractivity contribution in [2.24, 2.45) is 0 Å². The lowest BCUT2D eigenvalue weighted by atomic mass is 10.0. The average molecular weight is 487 g/mol. The number of thioether (sulfide) groups is 2. The number of carbonyl (C=O) groups excluding carboxylic acids is 2. The second kappa shape index (κ2) is 8.87. The topological polar surface area (TPSA) is 158 Å². The zero-order valence-electron chi connectivity index (χ0n) is 15.0. The van der Waals surface area contributed by atoms with Gasteiger partial charge in [0.2, 0.25) is 11.1 Å². The summed E-state index contributed by atoms with van der Waals surface area (Å²) in [5.41, 5.74) is 0.489. The minimum absolute atomic E-state index is 0.0765. The quantitative estimate of drug-likeness (QED) is 0.340. The molecule has 11 nitrogen and oxygen atoms in total. The van der Waals surface area contributed by atoms with Gasteiger partial charge in [0.15, 0.2) is 0 Å². The van der Waals surface area contributed by atoms with Crippen LogP contribution in [0.3, 0.4) is 0 Å². The molecule has 0 radical (unpaired) electrons. The molecule has 2 aromatic heterocycles. The second-order valence-corrected chi connectivity index (χ2v) is 10.8. The van der Waals surface area contributed by atoms with Crippen LogP contribution in [0.4, 0.5) is 0 Å². The third-order valence-electron chi connectivity index (χ3n) is 4.25. The number of nitrogens with zero attached hydrogens (tertiary/aromatic N) is 4. The molecule has 0 aliphatic carbocycles. The van der Waals surface area contributed by atoms with E-state index in [0.717, 1.165) is 0 Å². The summed E-state index contributed by atoms with van der Waals surface area (Å²) < 4.78 is 12.8. The molecule has 2 aromatic rings. The number of amides is 2. The number of carboxylic acid groups (broad SMARTS) is 1. The minimum atomic E-state index is -1.49. The molecule has 0 aromatic carbocycles. The molecule has 3 atom stereocenters. The van der Waals surface area contributed by atoms with Gasteiger partial charge < -0.3 is 10.4 Å². The Morgan fingerprint density at radius 1 is 1.47 bits per heavy atom. The van der Waals surface area contributed by atoms with E-state index in [1.807, 2.05) is 0 Å². The summed E-state index contributed by atoms with van der Waals surface area (Å²) in [6.07, 6.45) is 0. The molecular formula is C15H14N6O5S4. The van der Waals surface area contributed by atoms with Crippen molar-refractivity contribution in [2.75, 3.05) is 17.3 Å². The van der Waals surface area contributed by atoms with Gasteiger partial charge >= 0.3 is 5.97 Å². The highest BCUT2D eigenvalue weighted by atomic mass is 32.2. The molecular weight excluding hydrogens is 472 g/mol. The van der Waals surface area contributed by atoms with E-state index in [-0.39, 0.29) is 11.4 Å². The van der Waals surface area contributed by atoms with Crippen LogP contribution in [0.25, 0.3) is 0 Å². The van der Waals surface area contributed by atoms with Crippen LogP contribution in [-0.4, -0.2) is 81.3 Å². The highest BCUT2D eigenvalue weighted by Crippen LogP contribution is 2.41. The molecule has 2 aliphatic rings. The van der Waals surface area contributed by atoms with Gasteiger partial charge in [-0.05, 0) is 22.2 Å². The van der Waals surface area contributed by atoms with Crippen LogP contribution in [0.15, 0.2) is 38.1 Å². The highest BCUT2D eigenvalue weighted by Gasteiger charge is 2.54. The number of carboxylic acids is 1. The van der Waals surface area contributed by atoms with E-state index in [1.54, 1.807) is 17.5 Å². The van der Waals surface area contributed by atoms with Crippen LogP contribution in [-0.2, 0) is 25.2 Å². The molecule has 30 heavy (non-hydrogen) atoms. The predicted molar refractivity (Wildman–Crippen MR) is 110 cm³/mol. The maximum atomic E-state index is 12.6. The summed E-state index contributed by atoms with van der Waals surface area (Å²) in [7, 11) is -1.49. The largest absolute Gasteiger partial charge is 0.477 e. The summed E-state index contributed by atoms with van der Waals surface area (Å²) in [5.74, 6) is -1.80. The Hall–Kier alpha value is -2.23. The van der Waals surface area contributed by atoms with Crippen molar-refractivity contribution in [3.8, 4) is 0 Å². The monoisotopic (exact) mass is 486 g/mol. The molecule has 4 rings (SSSR count). The Bertz CT molecular complexity index is 1020. The zero-order chi connectivity index (χ0) is 21.3. The summed E-state index contributed by atoms with van der Waals surface area (Å²) in [4.78, 5) is 37.9. The van der Waals surface area contributed by atoms with E-state index < -0.39 is 40.0 Å². The van der Waals surface area contributed by atoms with E-state index in [9.17, 15) is 23.7 Å². The molecule has 0 spiro atoms. The third kappa shape index (κ3) is 4.14. The average Bonchev–Trinajstić information content (AvgIpc) is 3.43. The first-order valence-corrected chi connectivity index (χ1v) is 12.7. The fourth-order valence-electron chi connectivity index (χ4n) is 2.96. The Morgan fingerprint density at radius 2 is 2.30 bits per heavy atom. The number of H-pyrrole nitrogens is 1. The van der Waals surface area contributed by atoms with Crippen molar-refractivity contribution in [3.05, 3.63) is 28.8 Å².